The highest BCUT2D eigenvalue weighted by Gasteiger charge is 2.23. The minimum absolute atomic E-state index is 0.0243. The summed E-state index contributed by atoms with van der Waals surface area (Å²) < 4.78 is 18.8. The van der Waals surface area contributed by atoms with E-state index >= 15 is 0 Å². The Balaban J connectivity index is 2.67. The topological polar surface area (TPSA) is 63.3 Å². The Morgan fingerprint density at radius 2 is 2.28 bits per heavy atom. The molecule has 4 nitrogen and oxygen atoms in total. The van der Waals surface area contributed by atoms with Gasteiger partial charge in [-0.1, -0.05) is 28.0 Å². The minimum atomic E-state index is -1.14. The van der Waals surface area contributed by atoms with Crippen LogP contribution in [0.1, 0.15) is 23.0 Å². The number of halogens is 2. The molecule has 0 saturated carbocycles. The van der Waals surface area contributed by atoms with E-state index in [1.165, 1.54) is 18.2 Å². The minimum Gasteiger partial charge on any atom is -0.477 e. The number of nitrogens with zero attached hydrogens (tertiary/aromatic N) is 1. The van der Waals surface area contributed by atoms with Gasteiger partial charge >= 0.3 is 5.97 Å². The van der Waals surface area contributed by atoms with E-state index in [2.05, 4.69) is 21.1 Å². The highest BCUT2D eigenvalue weighted by atomic mass is 79.9. The van der Waals surface area contributed by atoms with Crippen molar-refractivity contribution in [1.29, 1.82) is 0 Å². The van der Waals surface area contributed by atoms with E-state index in [-0.39, 0.29) is 17.0 Å². The van der Waals surface area contributed by atoms with Crippen LogP contribution in [-0.4, -0.2) is 16.2 Å². The van der Waals surface area contributed by atoms with E-state index in [0.717, 1.165) is 0 Å². The average molecular weight is 314 g/mol. The summed E-state index contributed by atoms with van der Waals surface area (Å²) in [6, 6.07) is 3.99. The van der Waals surface area contributed by atoms with Crippen LogP contribution in [0.25, 0.3) is 11.3 Å². The van der Waals surface area contributed by atoms with Gasteiger partial charge in [-0.25, -0.2) is 9.18 Å². The zero-order valence-corrected chi connectivity index (χ0v) is 11.0. The zero-order valence-electron chi connectivity index (χ0n) is 9.41. The van der Waals surface area contributed by atoms with E-state index < -0.39 is 11.8 Å². The normalized spacial score (nSPS) is 10.6. The molecule has 6 heteroatoms. The highest BCUT2D eigenvalue weighted by molar-refractivity contribution is 9.10. The van der Waals surface area contributed by atoms with Crippen LogP contribution in [0.5, 0.6) is 0 Å². The number of aromatic nitrogens is 1. The molecule has 0 spiro atoms. The monoisotopic (exact) mass is 313 g/mol. The van der Waals surface area contributed by atoms with Crippen molar-refractivity contribution in [2.24, 2.45) is 0 Å². The van der Waals surface area contributed by atoms with Gasteiger partial charge in [-0.3, -0.25) is 0 Å². The first-order chi connectivity index (χ1) is 8.54. The maximum absolute atomic E-state index is 13.2. The fourth-order valence-electron chi connectivity index (χ4n) is 1.65. The summed E-state index contributed by atoms with van der Waals surface area (Å²) in [4.78, 5) is 11.2. The van der Waals surface area contributed by atoms with Crippen LogP contribution < -0.4 is 0 Å². The maximum Gasteiger partial charge on any atom is 0.341 e. The van der Waals surface area contributed by atoms with Gasteiger partial charge in [-0.05, 0) is 18.2 Å². The molecule has 0 bridgehead atoms. The average Bonchev–Trinajstić information content (AvgIpc) is 2.75. The molecule has 0 saturated heterocycles. The first-order valence-corrected chi connectivity index (χ1v) is 6.01. The third-order valence-electron chi connectivity index (χ3n) is 2.48. The number of rotatable bonds is 3. The van der Waals surface area contributed by atoms with Crippen LogP contribution in [0.3, 0.4) is 0 Å². The molecule has 2 aromatic rings. The molecule has 1 aromatic carbocycles. The molecule has 1 N–H and O–H groups in total. The van der Waals surface area contributed by atoms with Gasteiger partial charge in [0.1, 0.15) is 17.1 Å². The van der Waals surface area contributed by atoms with Crippen molar-refractivity contribution in [3.63, 3.8) is 0 Å². The molecule has 0 amide bonds. The zero-order chi connectivity index (χ0) is 13.3. The Hall–Kier alpha value is -1.69. The lowest BCUT2D eigenvalue weighted by Crippen LogP contribution is -2.01. The van der Waals surface area contributed by atoms with Gasteiger partial charge in [-0.15, -0.1) is 0 Å². The molecule has 0 fully saturated rings. The van der Waals surface area contributed by atoms with Gasteiger partial charge in [0.2, 0.25) is 0 Å². The number of aromatic carboxylic acids is 1. The second-order valence-corrected chi connectivity index (χ2v) is 4.47. The van der Waals surface area contributed by atoms with Crippen LogP contribution in [0, 0.1) is 5.82 Å². The van der Waals surface area contributed by atoms with Crippen molar-refractivity contribution in [3.05, 3.63) is 39.8 Å². The van der Waals surface area contributed by atoms with Crippen molar-refractivity contribution in [1.82, 2.24) is 5.16 Å². The van der Waals surface area contributed by atoms with Crippen LogP contribution in [0.4, 0.5) is 4.39 Å². The molecular formula is C12H9BrFNO3. The van der Waals surface area contributed by atoms with E-state index in [4.69, 9.17) is 4.52 Å². The maximum atomic E-state index is 13.2. The standard InChI is InChI=1S/C12H9BrFNO3/c1-2-9-10(12(16)17)11(15-18-9)7-5-6(14)3-4-8(7)13/h3-5H,2H2,1H3,(H,16,17). The Bertz CT molecular complexity index is 609. The summed E-state index contributed by atoms with van der Waals surface area (Å²) in [5.74, 6) is -1.33. The Morgan fingerprint density at radius 3 is 2.89 bits per heavy atom. The van der Waals surface area contributed by atoms with Crippen LogP contribution in [0.2, 0.25) is 0 Å². The molecule has 18 heavy (non-hydrogen) atoms. The van der Waals surface area contributed by atoms with Crippen LogP contribution >= 0.6 is 15.9 Å². The molecule has 1 heterocycles. The molecule has 2 rings (SSSR count). The smallest absolute Gasteiger partial charge is 0.341 e. The summed E-state index contributed by atoms with van der Waals surface area (Å²) >= 11 is 3.24. The highest BCUT2D eigenvalue weighted by Crippen LogP contribution is 2.32. The van der Waals surface area contributed by atoms with Crippen molar-refractivity contribution in [3.8, 4) is 11.3 Å². The lowest BCUT2D eigenvalue weighted by atomic mass is 10.1. The van der Waals surface area contributed by atoms with Crippen molar-refractivity contribution in [2.45, 2.75) is 13.3 Å². The third kappa shape index (κ3) is 2.15. The van der Waals surface area contributed by atoms with Gasteiger partial charge in [0, 0.05) is 16.5 Å². The van der Waals surface area contributed by atoms with Crippen LogP contribution in [0.15, 0.2) is 27.2 Å². The fourth-order valence-corrected chi connectivity index (χ4v) is 2.08. The molecule has 0 aliphatic carbocycles. The third-order valence-corrected chi connectivity index (χ3v) is 3.17. The second kappa shape index (κ2) is 4.89. The molecule has 94 valence electrons. The molecule has 0 atom stereocenters. The largest absolute Gasteiger partial charge is 0.477 e. The molecular weight excluding hydrogens is 305 g/mol. The van der Waals surface area contributed by atoms with Gasteiger partial charge in [-0.2, -0.15) is 0 Å². The first kappa shape index (κ1) is 12.8. The molecule has 1 aromatic heterocycles. The summed E-state index contributed by atoms with van der Waals surface area (Å²) in [5, 5.41) is 12.9. The summed E-state index contributed by atoms with van der Waals surface area (Å²) in [6.07, 6.45) is 0.404. The molecule has 0 radical (unpaired) electrons. The van der Waals surface area contributed by atoms with Crippen molar-refractivity contribution < 1.29 is 18.8 Å². The number of hydrogen-bond acceptors (Lipinski definition) is 3. The van der Waals surface area contributed by atoms with Gasteiger partial charge in [0.05, 0.1) is 0 Å². The summed E-state index contributed by atoms with van der Waals surface area (Å²) in [6.45, 7) is 1.76. The number of benzene rings is 1. The lowest BCUT2D eigenvalue weighted by Gasteiger charge is -2.02. The van der Waals surface area contributed by atoms with Gasteiger partial charge < -0.3 is 9.63 Å². The number of hydrogen-bond donors (Lipinski definition) is 1. The Morgan fingerprint density at radius 1 is 1.56 bits per heavy atom. The van der Waals surface area contributed by atoms with E-state index in [1.807, 2.05) is 0 Å². The Labute approximate surface area is 111 Å². The van der Waals surface area contributed by atoms with Crippen molar-refractivity contribution in [2.75, 3.05) is 0 Å². The number of carboxylic acids is 1. The second-order valence-electron chi connectivity index (χ2n) is 3.61. The van der Waals surface area contributed by atoms with Gasteiger partial charge in [0.25, 0.3) is 0 Å². The molecule has 0 aliphatic rings. The number of carbonyl (C=O) groups is 1. The van der Waals surface area contributed by atoms with Crippen LogP contribution in [-0.2, 0) is 6.42 Å². The van der Waals surface area contributed by atoms with Crippen molar-refractivity contribution >= 4 is 21.9 Å². The SMILES string of the molecule is CCc1onc(-c2cc(F)ccc2Br)c1C(=O)O. The Kier molecular flexibility index (Phi) is 3.47. The van der Waals surface area contributed by atoms with E-state index in [1.54, 1.807) is 6.92 Å². The number of carboxylic acid groups (broad SMARTS) is 1. The molecule has 0 unspecified atom stereocenters. The summed E-state index contributed by atoms with van der Waals surface area (Å²) in [5.41, 5.74) is 0.463. The quantitative estimate of drug-likeness (QED) is 0.942. The fraction of sp³-hybridized carbons (Fsp3) is 0.167. The van der Waals surface area contributed by atoms with E-state index in [9.17, 15) is 14.3 Å². The molecule has 0 aliphatic heterocycles. The van der Waals surface area contributed by atoms with Gasteiger partial charge in [0.15, 0.2) is 5.76 Å². The number of aryl methyl sites for hydroxylation is 1. The predicted molar refractivity (Wildman–Crippen MR) is 65.9 cm³/mol. The lowest BCUT2D eigenvalue weighted by molar-refractivity contribution is 0.0695. The summed E-state index contributed by atoms with van der Waals surface area (Å²) in [7, 11) is 0. The van der Waals surface area contributed by atoms with E-state index in [0.29, 0.717) is 16.5 Å². The first-order valence-electron chi connectivity index (χ1n) is 5.21. The predicted octanol–water partition coefficient (Wildman–Crippen LogP) is 3.50.